The Morgan fingerprint density at radius 3 is 2.56 bits per heavy atom. The lowest BCUT2D eigenvalue weighted by Crippen LogP contribution is -2.41. The van der Waals surface area contributed by atoms with Gasteiger partial charge in [0.25, 0.3) is 0 Å². The van der Waals surface area contributed by atoms with Gasteiger partial charge in [0.2, 0.25) is 0 Å². The molecule has 0 fully saturated rings. The van der Waals surface area contributed by atoms with Gasteiger partial charge in [0.1, 0.15) is 5.75 Å². The summed E-state index contributed by atoms with van der Waals surface area (Å²) >= 11 is 0. The van der Waals surface area contributed by atoms with E-state index >= 15 is 0 Å². The highest BCUT2D eigenvalue weighted by Gasteiger charge is 2.24. The highest BCUT2D eigenvalue weighted by Crippen LogP contribution is 2.16. The lowest BCUT2D eigenvalue weighted by atomic mass is 10.0. The Morgan fingerprint density at radius 2 is 2.06 bits per heavy atom. The van der Waals surface area contributed by atoms with Crippen LogP contribution in [0.4, 0.5) is 0 Å². The Balaban J connectivity index is 2.86. The SMILES string of the molecule is CNC(Cc1cccc(OC)c1)C(C)S(C)(=O)=O. The summed E-state index contributed by atoms with van der Waals surface area (Å²) < 4.78 is 28.3. The highest BCUT2D eigenvalue weighted by molar-refractivity contribution is 7.91. The minimum Gasteiger partial charge on any atom is -0.497 e. The number of hydrogen-bond donors (Lipinski definition) is 1. The molecule has 0 aliphatic rings. The third kappa shape index (κ3) is 3.99. The average Bonchev–Trinajstić information content (AvgIpc) is 2.34. The summed E-state index contributed by atoms with van der Waals surface area (Å²) in [5, 5.41) is 2.65. The molecule has 5 heteroatoms. The number of hydrogen-bond acceptors (Lipinski definition) is 4. The number of sulfone groups is 1. The lowest BCUT2D eigenvalue weighted by molar-refractivity contribution is 0.413. The van der Waals surface area contributed by atoms with Crippen LogP contribution in [0, 0.1) is 0 Å². The first kappa shape index (κ1) is 15.0. The number of likely N-dealkylation sites (N-methyl/N-ethyl adjacent to an activating group) is 1. The second-order valence-electron chi connectivity index (χ2n) is 4.49. The van der Waals surface area contributed by atoms with E-state index in [0.29, 0.717) is 6.42 Å². The molecule has 2 unspecified atom stereocenters. The number of rotatable bonds is 6. The maximum Gasteiger partial charge on any atom is 0.151 e. The summed E-state index contributed by atoms with van der Waals surface area (Å²) in [4.78, 5) is 0. The van der Waals surface area contributed by atoms with E-state index in [-0.39, 0.29) is 6.04 Å². The maximum absolute atomic E-state index is 11.6. The molecule has 0 saturated carbocycles. The number of nitrogens with one attached hydrogen (secondary N) is 1. The van der Waals surface area contributed by atoms with E-state index in [1.807, 2.05) is 24.3 Å². The molecule has 2 atom stereocenters. The molecule has 1 N–H and O–H groups in total. The summed E-state index contributed by atoms with van der Waals surface area (Å²) in [6.07, 6.45) is 1.93. The van der Waals surface area contributed by atoms with Crippen LogP contribution in [-0.4, -0.2) is 40.1 Å². The lowest BCUT2D eigenvalue weighted by Gasteiger charge is -2.22. The fraction of sp³-hybridized carbons (Fsp3) is 0.538. The fourth-order valence-corrected chi connectivity index (χ4v) is 2.68. The average molecular weight is 271 g/mol. The quantitative estimate of drug-likeness (QED) is 0.846. The molecule has 0 heterocycles. The van der Waals surface area contributed by atoms with Crippen molar-refractivity contribution in [2.24, 2.45) is 0 Å². The maximum atomic E-state index is 11.6. The van der Waals surface area contributed by atoms with E-state index in [9.17, 15) is 8.42 Å². The molecule has 1 aromatic rings. The monoisotopic (exact) mass is 271 g/mol. The summed E-state index contributed by atoms with van der Waals surface area (Å²) in [5.41, 5.74) is 1.06. The fourth-order valence-electron chi connectivity index (χ4n) is 1.85. The number of benzene rings is 1. The topological polar surface area (TPSA) is 55.4 Å². The van der Waals surface area contributed by atoms with Crippen molar-refractivity contribution in [3.8, 4) is 5.75 Å². The Bertz CT molecular complexity index is 485. The van der Waals surface area contributed by atoms with Crippen molar-refractivity contribution in [3.63, 3.8) is 0 Å². The van der Waals surface area contributed by atoms with Gasteiger partial charge in [0.15, 0.2) is 9.84 Å². The third-order valence-corrected chi connectivity index (χ3v) is 4.88. The zero-order valence-corrected chi connectivity index (χ0v) is 12.1. The standard InChI is InChI=1S/C13H21NO3S/c1-10(18(4,15)16)13(14-2)9-11-6-5-7-12(8-11)17-3/h5-8,10,13-14H,9H2,1-4H3. The molecule has 0 aromatic heterocycles. The van der Waals surface area contributed by atoms with Gasteiger partial charge in [0.05, 0.1) is 12.4 Å². The van der Waals surface area contributed by atoms with Crippen LogP contribution in [-0.2, 0) is 16.3 Å². The number of ether oxygens (including phenoxy) is 1. The molecule has 0 aliphatic heterocycles. The van der Waals surface area contributed by atoms with Crippen LogP contribution < -0.4 is 10.1 Å². The van der Waals surface area contributed by atoms with E-state index in [2.05, 4.69) is 5.32 Å². The minimum absolute atomic E-state index is 0.105. The van der Waals surface area contributed by atoms with Gasteiger partial charge < -0.3 is 10.1 Å². The normalized spacial score (nSPS) is 15.1. The molecule has 18 heavy (non-hydrogen) atoms. The molecule has 4 nitrogen and oxygen atoms in total. The predicted octanol–water partition coefficient (Wildman–Crippen LogP) is 1.26. The molecule has 0 saturated heterocycles. The van der Waals surface area contributed by atoms with Crippen molar-refractivity contribution in [2.45, 2.75) is 24.6 Å². The van der Waals surface area contributed by atoms with Gasteiger partial charge in [-0.05, 0) is 38.1 Å². The molecule has 0 radical (unpaired) electrons. The van der Waals surface area contributed by atoms with Crippen molar-refractivity contribution in [1.29, 1.82) is 0 Å². The van der Waals surface area contributed by atoms with Gasteiger partial charge in [-0.3, -0.25) is 0 Å². The Morgan fingerprint density at radius 1 is 1.39 bits per heavy atom. The third-order valence-electron chi connectivity index (χ3n) is 3.20. The zero-order chi connectivity index (χ0) is 13.8. The second-order valence-corrected chi connectivity index (χ2v) is 6.89. The van der Waals surface area contributed by atoms with Gasteiger partial charge in [-0.1, -0.05) is 12.1 Å². The summed E-state index contributed by atoms with van der Waals surface area (Å²) in [5.74, 6) is 0.786. The molecular formula is C13H21NO3S. The molecule has 0 amide bonds. The van der Waals surface area contributed by atoms with Gasteiger partial charge >= 0.3 is 0 Å². The van der Waals surface area contributed by atoms with Crippen molar-refractivity contribution >= 4 is 9.84 Å². The Kier molecular flexibility index (Phi) is 5.16. The second kappa shape index (κ2) is 6.20. The van der Waals surface area contributed by atoms with Crippen LogP contribution >= 0.6 is 0 Å². The molecule has 0 aliphatic carbocycles. The van der Waals surface area contributed by atoms with Crippen LogP contribution in [0.5, 0.6) is 5.75 Å². The van der Waals surface area contributed by atoms with Crippen molar-refractivity contribution in [3.05, 3.63) is 29.8 Å². The molecule has 0 spiro atoms. The van der Waals surface area contributed by atoms with Crippen LogP contribution in [0.15, 0.2) is 24.3 Å². The smallest absolute Gasteiger partial charge is 0.151 e. The molecule has 1 rings (SSSR count). The molecule has 102 valence electrons. The van der Waals surface area contributed by atoms with Crippen molar-refractivity contribution in [2.75, 3.05) is 20.4 Å². The first-order valence-electron chi connectivity index (χ1n) is 5.87. The van der Waals surface area contributed by atoms with Crippen molar-refractivity contribution in [1.82, 2.24) is 5.32 Å². The van der Waals surface area contributed by atoms with Crippen LogP contribution in [0.3, 0.4) is 0 Å². The predicted molar refractivity (Wildman–Crippen MR) is 73.9 cm³/mol. The van der Waals surface area contributed by atoms with Crippen LogP contribution in [0.25, 0.3) is 0 Å². The highest BCUT2D eigenvalue weighted by atomic mass is 32.2. The van der Waals surface area contributed by atoms with E-state index in [1.165, 1.54) is 6.26 Å². The summed E-state index contributed by atoms with van der Waals surface area (Å²) in [6.45, 7) is 1.73. The first-order chi connectivity index (χ1) is 8.38. The largest absolute Gasteiger partial charge is 0.497 e. The van der Waals surface area contributed by atoms with Crippen molar-refractivity contribution < 1.29 is 13.2 Å². The van der Waals surface area contributed by atoms with E-state index in [1.54, 1.807) is 21.1 Å². The molecule has 1 aromatic carbocycles. The van der Waals surface area contributed by atoms with Crippen LogP contribution in [0.2, 0.25) is 0 Å². The molecular weight excluding hydrogens is 250 g/mol. The van der Waals surface area contributed by atoms with E-state index in [0.717, 1.165) is 11.3 Å². The Hall–Kier alpha value is -1.07. The van der Waals surface area contributed by atoms with E-state index in [4.69, 9.17) is 4.74 Å². The van der Waals surface area contributed by atoms with Crippen LogP contribution in [0.1, 0.15) is 12.5 Å². The van der Waals surface area contributed by atoms with Gasteiger partial charge in [-0.15, -0.1) is 0 Å². The summed E-state index contributed by atoms with van der Waals surface area (Å²) in [7, 11) is 0.359. The van der Waals surface area contributed by atoms with Gasteiger partial charge in [0, 0.05) is 12.3 Å². The zero-order valence-electron chi connectivity index (χ0n) is 11.3. The van der Waals surface area contributed by atoms with Gasteiger partial charge in [-0.2, -0.15) is 0 Å². The molecule has 0 bridgehead atoms. The minimum atomic E-state index is -3.04. The first-order valence-corrected chi connectivity index (χ1v) is 7.83. The number of methoxy groups -OCH3 is 1. The summed E-state index contributed by atoms with van der Waals surface area (Å²) in [6, 6.07) is 7.58. The van der Waals surface area contributed by atoms with E-state index < -0.39 is 15.1 Å². The van der Waals surface area contributed by atoms with Gasteiger partial charge in [-0.25, -0.2) is 8.42 Å². The Labute approximate surface area is 109 Å².